The Morgan fingerprint density at radius 2 is 1.81 bits per heavy atom. The Morgan fingerprint density at radius 1 is 1.06 bits per heavy atom. The molecule has 0 aliphatic heterocycles. The fourth-order valence-electron chi connectivity index (χ4n) is 1.66. The quantitative estimate of drug-likeness (QED) is 0.734. The number of fused-ring (bicyclic) bond motifs is 1. The van der Waals surface area contributed by atoms with Crippen LogP contribution in [0.3, 0.4) is 0 Å². The fraction of sp³-hybridized carbons (Fsp3) is 0.286. The first-order chi connectivity index (χ1) is 7.46. The van der Waals surface area contributed by atoms with Gasteiger partial charge in [0.1, 0.15) is 5.75 Å². The average molecular weight is 232 g/mol. The zero-order chi connectivity index (χ0) is 11.8. The van der Waals surface area contributed by atoms with Gasteiger partial charge in [0.05, 0.1) is 0 Å². The van der Waals surface area contributed by atoms with Crippen LogP contribution >= 0.6 is 11.8 Å². The van der Waals surface area contributed by atoms with Crippen molar-refractivity contribution in [2.75, 3.05) is 0 Å². The van der Waals surface area contributed by atoms with Crippen LogP contribution in [0.5, 0.6) is 5.75 Å². The minimum absolute atomic E-state index is 0.201. The van der Waals surface area contributed by atoms with Gasteiger partial charge in [-0.2, -0.15) is 0 Å². The molecule has 0 radical (unpaired) electrons. The zero-order valence-electron chi connectivity index (χ0n) is 9.82. The van der Waals surface area contributed by atoms with E-state index in [-0.39, 0.29) is 4.75 Å². The summed E-state index contributed by atoms with van der Waals surface area (Å²) in [6, 6.07) is 11.7. The molecule has 0 heterocycles. The molecule has 16 heavy (non-hydrogen) atoms. The SMILES string of the molecule is CC(C)(C)Sc1cccc2cc(O)ccc12. The monoisotopic (exact) mass is 232 g/mol. The maximum Gasteiger partial charge on any atom is 0.116 e. The van der Waals surface area contributed by atoms with Gasteiger partial charge < -0.3 is 5.11 Å². The van der Waals surface area contributed by atoms with Crippen molar-refractivity contribution >= 4 is 22.5 Å². The van der Waals surface area contributed by atoms with Gasteiger partial charge >= 0.3 is 0 Å². The molecule has 2 heteroatoms. The molecule has 0 aliphatic rings. The van der Waals surface area contributed by atoms with Crippen molar-refractivity contribution in [3.8, 4) is 5.75 Å². The predicted octanol–water partition coefficient (Wildman–Crippen LogP) is 4.44. The summed E-state index contributed by atoms with van der Waals surface area (Å²) >= 11 is 1.85. The second-order valence-electron chi connectivity index (χ2n) is 4.88. The van der Waals surface area contributed by atoms with Crippen LogP contribution < -0.4 is 0 Å². The number of rotatable bonds is 1. The van der Waals surface area contributed by atoms with Crippen LogP contribution in [0.2, 0.25) is 0 Å². The van der Waals surface area contributed by atoms with Gasteiger partial charge in [0.15, 0.2) is 0 Å². The topological polar surface area (TPSA) is 20.2 Å². The Balaban J connectivity index is 2.54. The number of benzene rings is 2. The Morgan fingerprint density at radius 3 is 2.50 bits per heavy atom. The van der Waals surface area contributed by atoms with Crippen molar-refractivity contribution in [2.45, 2.75) is 30.4 Å². The van der Waals surface area contributed by atoms with E-state index in [4.69, 9.17) is 0 Å². The second-order valence-corrected chi connectivity index (χ2v) is 6.74. The van der Waals surface area contributed by atoms with Crippen LogP contribution in [0.15, 0.2) is 41.3 Å². The van der Waals surface area contributed by atoms with E-state index in [1.54, 1.807) is 6.07 Å². The van der Waals surface area contributed by atoms with E-state index in [9.17, 15) is 5.11 Å². The molecular weight excluding hydrogens is 216 g/mol. The molecule has 2 aromatic rings. The smallest absolute Gasteiger partial charge is 0.116 e. The number of hydrogen-bond donors (Lipinski definition) is 1. The first-order valence-electron chi connectivity index (χ1n) is 5.36. The number of phenolic OH excluding ortho intramolecular Hbond substituents is 1. The van der Waals surface area contributed by atoms with Crippen LogP contribution in [0, 0.1) is 0 Å². The molecule has 0 amide bonds. The summed E-state index contributed by atoms with van der Waals surface area (Å²) in [5.74, 6) is 0.324. The number of thioether (sulfide) groups is 1. The number of phenols is 1. The fourth-order valence-corrected chi connectivity index (χ4v) is 2.76. The zero-order valence-corrected chi connectivity index (χ0v) is 10.6. The van der Waals surface area contributed by atoms with Gasteiger partial charge in [0.2, 0.25) is 0 Å². The Labute approximate surface area is 100 Å². The third-order valence-corrected chi connectivity index (χ3v) is 3.43. The lowest BCUT2D eigenvalue weighted by molar-refractivity contribution is 0.476. The van der Waals surface area contributed by atoms with Crippen molar-refractivity contribution in [3.63, 3.8) is 0 Å². The van der Waals surface area contributed by atoms with Crippen molar-refractivity contribution < 1.29 is 5.11 Å². The van der Waals surface area contributed by atoms with Crippen molar-refractivity contribution in [3.05, 3.63) is 36.4 Å². The molecule has 0 saturated heterocycles. The highest BCUT2D eigenvalue weighted by Gasteiger charge is 2.13. The van der Waals surface area contributed by atoms with Crippen molar-refractivity contribution in [2.24, 2.45) is 0 Å². The molecule has 0 aliphatic carbocycles. The highest BCUT2D eigenvalue weighted by Crippen LogP contribution is 2.37. The highest BCUT2D eigenvalue weighted by atomic mass is 32.2. The van der Waals surface area contributed by atoms with Crippen molar-refractivity contribution in [1.29, 1.82) is 0 Å². The van der Waals surface area contributed by atoms with Gasteiger partial charge in [-0.25, -0.2) is 0 Å². The maximum absolute atomic E-state index is 9.45. The lowest BCUT2D eigenvalue weighted by Gasteiger charge is -2.18. The van der Waals surface area contributed by atoms with Crippen LogP contribution in [-0.2, 0) is 0 Å². The minimum Gasteiger partial charge on any atom is -0.508 e. The van der Waals surface area contributed by atoms with Crippen molar-refractivity contribution in [1.82, 2.24) is 0 Å². The van der Waals surface area contributed by atoms with Gasteiger partial charge in [-0.1, -0.05) is 32.9 Å². The summed E-state index contributed by atoms with van der Waals surface area (Å²) < 4.78 is 0.201. The number of hydrogen-bond acceptors (Lipinski definition) is 2. The summed E-state index contributed by atoms with van der Waals surface area (Å²) in [7, 11) is 0. The van der Waals surface area contributed by atoms with Crippen LogP contribution in [0.25, 0.3) is 10.8 Å². The normalized spacial score (nSPS) is 11.9. The molecule has 2 rings (SSSR count). The van der Waals surface area contributed by atoms with Gasteiger partial charge in [-0.3, -0.25) is 0 Å². The van der Waals surface area contributed by atoms with Crippen LogP contribution in [-0.4, -0.2) is 9.85 Å². The summed E-state index contributed by atoms with van der Waals surface area (Å²) in [4.78, 5) is 1.27. The summed E-state index contributed by atoms with van der Waals surface area (Å²) in [5, 5.41) is 11.7. The van der Waals surface area contributed by atoms with E-state index >= 15 is 0 Å². The Bertz CT molecular complexity index is 512. The number of aromatic hydroxyl groups is 1. The highest BCUT2D eigenvalue weighted by molar-refractivity contribution is 8.00. The summed E-state index contributed by atoms with van der Waals surface area (Å²) in [5.41, 5.74) is 0. The van der Waals surface area contributed by atoms with E-state index in [1.807, 2.05) is 36.0 Å². The van der Waals surface area contributed by atoms with Gasteiger partial charge in [-0.15, -0.1) is 11.8 Å². The molecule has 0 bridgehead atoms. The van der Waals surface area contributed by atoms with E-state index in [0.29, 0.717) is 5.75 Å². The van der Waals surface area contributed by atoms with E-state index in [0.717, 1.165) is 5.39 Å². The van der Waals surface area contributed by atoms with Crippen LogP contribution in [0.1, 0.15) is 20.8 Å². The Hall–Kier alpha value is -1.15. The second kappa shape index (κ2) is 4.02. The molecule has 1 N–H and O–H groups in total. The maximum atomic E-state index is 9.45. The molecule has 2 aromatic carbocycles. The molecular formula is C14H16OS. The molecule has 84 valence electrons. The molecule has 0 atom stereocenters. The summed E-state index contributed by atoms with van der Waals surface area (Å²) in [6.07, 6.45) is 0. The molecule has 0 aromatic heterocycles. The lowest BCUT2D eigenvalue weighted by Crippen LogP contribution is -2.06. The van der Waals surface area contributed by atoms with Crippen LogP contribution in [0.4, 0.5) is 0 Å². The largest absolute Gasteiger partial charge is 0.508 e. The third kappa shape index (κ3) is 2.50. The first kappa shape index (κ1) is 11.3. The minimum atomic E-state index is 0.201. The average Bonchev–Trinajstić information content (AvgIpc) is 2.15. The van der Waals surface area contributed by atoms with E-state index in [2.05, 4.69) is 26.8 Å². The van der Waals surface area contributed by atoms with E-state index < -0.39 is 0 Å². The molecule has 0 fully saturated rings. The standard InChI is InChI=1S/C14H16OS/c1-14(2,3)16-13-6-4-5-10-9-11(15)7-8-12(10)13/h4-9,15H,1-3H3. The molecule has 0 unspecified atom stereocenters. The summed E-state index contributed by atoms with van der Waals surface area (Å²) in [6.45, 7) is 6.62. The predicted molar refractivity (Wildman–Crippen MR) is 71.2 cm³/mol. The molecule has 0 saturated carbocycles. The van der Waals surface area contributed by atoms with Gasteiger partial charge in [0.25, 0.3) is 0 Å². The first-order valence-corrected chi connectivity index (χ1v) is 6.18. The Kier molecular flexibility index (Phi) is 2.85. The van der Waals surface area contributed by atoms with Gasteiger partial charge in [-0.05, 0) is 35.0 Å². The lowest BCUT2D eigenvalue weighted by atomic mass is 10.1. The van der Waals surface area contributed by atoms with E-state index in [1.165, 1.54) is 10.3 Å². The molecule has 1 nitrogen and oxygen atoms in total. The molecule has 0 spiro atoms. The van der Waals surface area contributed by atoms with Gasteiger partial charge in [0, 0.05) is 9.64 Å². The third-order valence-electron chi connectivity index (χ3n) is 2.24.